The number of anilines is 1. The molecule has 0 saturated carbocycles. The molecule has 0 amide bonds. The number of aryl methyl sites for hydroxylation is 1. The lowest BCUT2D eigenvalue weighted by molar-refractivity contribution is 0.475. The molecule has 96 valence electrons. The van der Waals surface area contributed by atoms with Gasteiger partial charge in [0.2, 0.25) is 0 Å². The third kappa shape index (κ3) is 2.69. The van der Waals surface area contributed by atoms with E-state index in [0.29, 0.717) is 6.54 Å². The van der Waals surface area contributed by atoms with Crippen LogP contribution in [-0.4, -0.2) is 10.1 Å². The van der Waals surface area contributed by atoms with Crippen molar-refractivity contribution in [2.75, 3.05) is 5.32 Å². The molecule has 4 heteroatoms. The molecule has 0 aliphatic carbocycles. The Hall–Kier alpha value is -2.07. The SMILES string of the molecule is Cc1ccc2nc(CNc3ccc(O)cc3)sc2c1. The van der Waals surface area contributed by atoms with Crippen molar-refractivity contribution in [2.45, 2.75) is 13.5 Å². The van der Waals surface area contributed by atoms with E-state index in [4.69, 9.17) is 0 Å². The van der Waals surface area contributed by atoms with Gasteiger partial charge >= 0.3 is 0 Å². The maximum Gasteiger partial charge on any atom is 0.115 e. The minimum absolute atomic E-state index is 0.279. The number of hydrogen-bond donors (Lipinski definition) is 2. The van der Waals surface area contributed by atoms with Crippen LogP contribution in [0.15, 0.2) is 42.5 Å². The number of aromatic nitrogens is 1. The maximum atomic E-state index is 9.23. The van der Waals surface area contributed by atoms with Crippen LogP contribution in [0, 0.1) is 6.92 Å². The second-order valence-corrected chi connectivity index (χ2v) is 5.59. The van der Waals surface area contributed by atoms with Gasteiger partial charge in [-0.1, -0.05) is 6.07 Å². The molecule has 3 aromatic rings. The van der Waals surface area contributed by atoms with Crippen molar-refractivity contribution < 1.29 is 5.11 Å². The fraction of sp³-hybridized carbons (Fsp3) is 0.133. The van der Waals surface area contributed by atoms with E-state index in [1.54, 1.807) is 23.5 Å². The molecule has 0 atom stereocenters. The van der Waals surface area contributed by atoms with Crippen molar-refractivity contribution >= 4 is 27.2 Å². The molecule has 2 N–H and O–H groups in total. The topological polar surface area (TPSA) is 45.2 Å². The quantitative estimate of drug-likeness (QED) is 0.709. The molecule has 3 rings (SSSR count). The Morgan fingerprint density at radius 2 is 1.95 bits per heavy atom. The van der Waals surface area contributed by atoms with Crippen LogP contribution in [0.1, 0.15) is 10.6 Å². The van der Waals surface area contributed by atoms with Crippen LogP contribution in [0.5, 0.6) is 5.75 Å². The summed E-state index contributed by atoms with van der Waals surface area (Å²) < 4.78 is 1.22. The van der Waals surface area contributed by atoms with E-state index in [0.717, 1.165) is 16.2 Å². The first kappa shape index (κ1) is 12.0. The first-order valence-electron chi connectivity index (χ1n) is 6.10. The molecule has 0 radical (unpaired) electrons. The Balaban J connectivity index is 1.76. The monoisotopic (exact) mass is 270 g/mol. The Bertz CT molecular complexity index is 704. The van der Waals surface area contributed by atoms with E-state index in [2.05, 4.69) is 35.4 Å². The lowest BCUT2D eigenvalue weighted by Gasteiger charge is -2.03. The minimum Gasteiger partial charge on any atom is -0.508 e. The highest BCUT2D eigenvalue weighted by atomic mass is 32.1. The van der Waals surface area contributed by atoms with Crippen LogP contribution >= 0.6 is 11.3 Å². The molecule has 0 unspecified atom stereocenters. The van der Waals surface area contributed by atoms with Crippen molar-refractivity contribution in [3.05, 3.63) is 53.0 Å². The summed E-state index contributed by atoms with van der Waals surface area (Å²) in [5, 5.41) is 13.6. The molecular formula is C15H14N2OS. The Labute approximate surface area is 115 Å². The molecule has 0 spiro atoms. The number of phenols is 1. The summed E-state index contributed by atoms with van der Waals surface area (Å²) >= 11 is 1.71. The molecule has 1 heterocycles. The molecule has 1 aromatic heterocycles. The lowest BCUT2D eigenvalue weighted by atomic mass is 10.2. The Morgan fingerprint density at radius 1 is 1.16 bits per heavy atom. The molecular weight excluding hydrogens is 256 g/mol. The number of nitrogens with one attached hydrogen (secondary N) is 1. The standard InChI is InChI=1S/C15H14N2OS/c1-10-2-7-13-14(8-10)19-15(17-13)9-16-11-3-5-12(18)6-4-11/h2-8,16,18H,9H2,1H3. The number of nitrogens with zero attached hydrogens (tertiary/aromatic N) is 1. The van der Waals surface area contributed by atoms with Gasteiger partial charge in [-0.05, 0) is 48.9 Å². The highest BCUT2D eigenvalue weighted by Crippen LogP contribution is 2.24. The predicted molar refractivity (Wildman–Crippen MR) is 79.8 cm³/mol. The second-order valence-electron chi connectivity index (χ2n) is 4.48. The fourth-order valence-corrected chi connectivity index (χ4v) is 2.92. The Kier molecular flexibility index (Phi) is 3.09. The van der Waals surface area contributed by atoms with E-state index in [-0.39, 0.29) is 5.75 Å². The van der Waals surface area contributed by atoms with Gasteiger partial charge in [-0.3, -0.25) is 0 Å². The van der Waals surface area contributed by atoms with E-state index < -0.39 is 0 Å². The first-order valence-corrected chi connectivity index (χ1v) is 6.91. The van der Waals surface area contributed by atoms with Gasteiger partial charge in [-0.2, -0.15) is 0 Å². The zero-order valence-corrected chi connectivity index (χ0v) is 11.4. The summed E-state index contributed by atoms with van der Waals surface area (Å²) in [5.41, 5.74) is 3.29. The van der Waals surface area contributed by atoms with E-state index in [9.17, 15) is 5.11 Å². The molecule has 0 saturated heterocycles. The van der Waals surface area contributed by atoms with Crippen LogP contribution in [0.2, 0.25) is 0 Å². The highest BCUT2D eigenvalue weighted by molar-refractivity contribution is 7.18. The number of benzene rings is 2. The summed E-state index contributed by atoms with van der Waals surface area (Å²) in [4.78, 5) is 4.59. The second kappa shape index (κ2) is 4.90. The van der Waals surface area contributed by atoms with Gasteiger partial charge < -0.3 is 10.4 Å². The van der Waals surface area contributed by atoms with Gasteiger partial charge in [0.15, 0.2) is 0 Å². The summed E-state index contributed by atoms with van der Waals surface area (Å²) in [6, 6.07) is 13.4. The minimum atomic E-state index is 0.279. The number of fused-ring (bicyclic) bond motifs is 1. The smallest absolute Gasteiger partial charge is 0.115 e. The van der Waals surface area contributed by atoms with Gasteiger partial charge in [-0.15, -0.1) is 11.3 Å². The largest absolute Gasteiger partial charge is 0.508 e. The van der Waals surface area contributed by atoms with Crippen LogP contribution < -0.4 is 5.32 Å². The molecule has 0 bridgehead atoms. The summed E-state index contributed by atoms with van der Waals surface area (Å²) in [7, 11) is 0. The van der Waals surface area contributed by atoms with Gasteiger partial charge in [0.25, 0.3) is 0 Å². The van der Waals surface area contributed by atoms with Crippen LogP contribution in [0.25, 0.3) is 10.2 Å². The Morgan fingerprint density at radius 3 is 2.74 bits per heavy atom. The highest BCUT2D eigenvalue weighted by Gasteiger charge is 2.03. The summed E-state index contributed by atoms with van der Waals surface area (Å²) in [6.07, 6.45) is 0. The average Bonchev–Trinajstić information content (AvgIpc) is 2.80. The first-order chi connectivity index (χ1) is 9.20. The van der Waals surface area contributed by atoms with Crippen molar-refractivity contribution in [1.82, 2.24) is 4.98 Å². The average molecular weight is 270 g/mol. The zero-order valence-electron chi connectivity index (χ0n) is 10.6. The zero-order chi connectivity index (χ0) is 13.2. The van der Waals surface area contributed by atoms with Crippen LogP contribution in [0.3, 0.4) is 0 Å². The van der Waals surface area contributed by atoms with Crippen molar-refractivity contribution in [2.24, 2.45) is 0 Å². The maximum absolute atomic E-state index is 9.23. The van der Waals surface area contributed by atoms with E-state index >= 15 is 0 Å². The normalized spacial score (nSPS) is 10.8. The molecule has 3 nitrogen and oxygen atoms in total. The van der Waals surface area contributed by atoms with Crippen LogP contribution in [-0.2, 0) is 6.54 Å². The summed E-state index contributed by atoms with van der Waals surface area (Å²) in [5.74, 6) is 0.279. The molecule has 0 fully saturated rings. The number of hydrogen-bond acceptors (Lipinski definition) is 4. The third-order valence-electron chi connectivity index (χ3n) is 2.90. The van der Waals surface area contributed by atoms with Crippen molar-refractivity contribution in [3.63, 3.8) is 0 Å². The molecule has 19 heavy (non-hydrogen) atoms. The van der Waals surface area contributed by atoms with E-state index in [1.807, 2.05) is 12.1 Å². The molecule has 2 aromatic carbocycles. The van der Waals surface area contributed by atoms with Gasteiger partial charge in [-0.25, -0.2) is 4.98 Å². The number of phenolic OH excluding ortho intramolecular Hbond substituents is 1. The predicted octanol–water partition coefficient (Wildman–Crippen LogP) is 3.92. The number of rotatable bonds is 3. The van der Waals surface area contributed by atoms with E-state index in [1.165, 1.54) is 10.3 Å². The van der Waals surface area contributed by atoms with Crippen molar-refractivity contribution in [1.29, 1.82) is 0 Å². The number of aromatic hydroxyl groups is 1. The van der Waals surface area contributed by atoms with Gasteiger partial charge in [0.1, 0.15) is 10.8 Å². The van der Waals surface area contributed by atoms with Gasteiger partial charge in [0.05, 0.1) is 16.8 Å². The molecule has 0 aliphatic heterocycles. The molecule has 0 aliphatic rings. The third-order valence-corrected chi connectivity index (χ3v) is 3.92. The lowest BCUT2D eigenvalue weighted by Crippen LogP contribution is -1.98. The fourth-order valence-electron chi connectivity index (χ4n) is 1.91. The van der Waals surface area contributed by atoms with Crippen LogP contribution in [0.4, 0.5) is 5.69 Å². The van der Waals surface area contributed by atoms with Gasteiger partial charge in [0, 0.05) is 5.69 Å². The summed E-state index contributed by atoms with van der Waals surface area (Å²) in [6.45, 7) is 2.79. The van der Waals surface area contributed by atoms with Crippen molar-refractivity contribution in [3.8, 4) is 5.75 Å². The number of thiazole rings is 1.